The third-order valence-corrected chi connectivity index (χ3v) is 4.83. The van der Waals surface area contributed by atoms with Crippen molar-refractivity contribution in [1.29, 1.82) is 0 Å². The third-order valence-electron chi connectivity index (χ3n) is 4.60. The van der Waals surface area contributed by atoms with Crippen LogP contribution >= 0.6 is 11.6 Å². The fourth-order valence-corrected chi connectivity index (χ4v) is 3.53. The summed E-state index contributed by atoms with van der Waals surface area (Å²) >= 11 is 6.10. The largest absolute Gasteiger partial charge is 0.366 e. The highest BCUT2D eigenvalue weighted by atomic mass is 35.5. The topological polar surface area (TPSA) is 48.0 Å². The Balaban J connectivity index is 2.16. The average molecular weight is 353 g/mol. The summed E-state index contributed by atoms with van der Waals surface area (Å²) in [5.74, 6) is -0.402. The van der Waals surface area contributed by atoms with E-state index in [4.69, 9.17) is 17.3 Å². The van der Waals surface area contributed by atoms with Crippen molar-refractivity contribution in [2.75, 3.05) is 0 Å². The second-order valence-electron chi connectivity index (χ2n) is 6.37. The van der Waals surface area contributed by atoms with Crippen LogP contribution in [0.15, 0.2) is 48.5 Å². The molecule has 0 aliphatic rings. The fraction of sp³-hybridized carbons (Fsp3) is 0.190. The minimum Gasteiger partial charge on any atom is -0.366 e. The summed E-state index contributed by atoms with van der Waals surface area (Å²) in [6, 6.07) is 15.9. The van der Waals surface area contributed by atoms with Crippen LogP contribution in [0.2, 0.25) is 5.02 Å². The maximum absolute atomic E-state index is 12.1. The summed E-state index contributed by atoms with van der Waals surface area (Å²) < 4.78 is 2.13. The van der Waals surface area contributed by atoms with E-state index in [2.05, 4.69) is 4.57 Å². The summed E-state index contributed by atoms with van der Waals surface area (Å²) in [6.45, 7) is 6.65. The number of hydrogen-bond donors (Lipinski definition) is 1. The Morgan fingerprint density at radius 3 is 2.32 bits per heavy atom. The lowest BCUT2D eigenvalue weighted by Crippen LogP contribution is -2.13. The Morgan fingerprint density at radius 2 is 1.72 bits per heavy atom. The molecule has 0 unspecified atom stereocenters. The number of carbonyl (C=O) groups excluding carboxylic acids is 1. The zero-order valence-electron chi connectivity index (χ0n) is 14.6. The molecule has 0 spiro atoms. The van der Waals surface area contributed by atoms with Gasteiger partial charge in [-0.05, 0) is 44.0 Å². The average Bonchev–Trinajstić information content (AvgIpc) is 2.80. The second-order valence-corrected chi connectivity index (χ2v) is 6.80. The monoisotopic (exact) mass is 352 g/mol. The second kappa shape index (κ2) is 6.77. The molecule has 2 N–H and O–H groups in total. The van der Waals surface area contributed by atoms with Crippen LogP contribution in [0.25, 0.3) is 11.1 Å². The van der Waals surface area contributed by atoms with Gasteiger partial charge in [0.25, 0.3) is 5.91 Å². The number of aromatic nitrogens is 1. The van der Waals surface area contributed by atoms with Crippen LogP contribution in [0, 0.1) is 20.8 Å². The van der Waals surface area contributed by atoms with Gasteiger partial charge < -0.3 is 10.3 Å². The molecule has 1 heterocycles. The number of rotatable bonds is 4. The van der Waals surface area contributed by atoms with Gasteiger partial charge in [-0.25, -0.2) is 0 Å². The fourth-order valence-electron chi connectivity index (χ4n) is 3.31. The van der Waals surface area contributed by atoms with Crippen LogP contribution in [0.1, 0.15) is 32.9 Å². The Bertz CT molecular complexity index is 939. The highest BCUT2D eigenvalue weighted by Crippen LogP contribution is 2.33. The standard InChI is InChI=1S/C21H21ClN2O/c1-13-7-9-17(10-8-13)19-14(2)24(15(3)20(19)21(23)25)12-16-5-4-6-18(22)11-16/h4-11H,12H2,1-3H3,(H2,23,25). The molecule has 0 radical (unpaired) electrons. The molecule has 2 aromatic carbocycles. The predicted octanol–water partition coefficient (Wildman–Crippen LogP) is 4.88. The molecule has 0 aliphatic carbocycles. The molecule has 3 nitrogen and oxygen atoms in total. The number of nitrogens with two attached hydrogens (primary N) is 1. The van der Waals surface area contributed by atoms with Crippen LogP contribution in [0.4, 0.5) is 0 Å². The van der Waals surface area contributed by atoms with E-state index in [9.17, 15) is 4.79 Å². The normalized spacial score (nSPS) is 10.9. The zero-order chi connectivity index (χ0) is 18.1. The first-order valence-corrected chi connectivity index (χ1v) is 8.57. The predicted molar refractivity (Wildman–Crippen MR) is 103 cm³/mol. The van der Waals surface area contributed by atoms with Crippen molar-refractivity contribution in [3.05, 3.63) is 81.6 Å². The molecule has 128 valence electrons. The van der Waals surface area contributed by atoms with E-state index in [0.717, 1.165) is 28.1 Å². The van der Waals surface area contributed by atoms with Gasteiger partial charge in [0.05, 0.1) is 5.56 Å². The number of primary amides is 1. The van der Waals surface area contributed by atoms with Gasteiger partial charge in [-0.15, -0.1) is 0 Å². The minimum atomic E-state index is -0.402. The van der Waals surface area contributed by atoms with Crippen molar-refractivity contribution in [2.24, 2.45) is 5.73 Å². The molecule has 1 aromatic heterocycles. The maximum atomic E-state index is 12.1. The van der Waals surface area contributed by atoms with E-state index in [1.54, 1.807) is 0 Å². The van der Waals surface area contributed by atoms with E-state index in [0.29, 0.717) is 17.1 Å². The van der Waals surface area contributed by atoms with Crippen molar-refractivity contribution < 1.29 is 4.79 Å². The van der Waals surface area contributed by atoms with Crippen LogP contribution in [-0.4, -0.2) is 10.5 Å². The molecule has 0 saturated heterocycles. The molecule has 0 atom stereocenters. The number of halogens is 1. The van der Waals surface area contributed by atoms with Crippen molar-refractivity contribution in [2.45, 2.75) is 27.3 Å². The number of hydrogen-bond acceptors (Lipinski definition) is 1. The van der Waals surface area contributed by atoms with Gasteiger partial charge in [-0.3, -0.25) is 4.79 Å². The lowest BCUT2D eigenvalue weighted by molar-refractivity contribution is 0.1000. The molecular weight excluding hydrogens is 332 g/mol. The molecule has 4 heteroatoms. The molecular formula is C21H21ClN2O. The molecule has 1 amide bonds. The minimum absolute atomic E-state index is 0.402. The van der Waals surface area contributed by atoms with Crippen LogP contribution in [0.3, 0.4) is 0 Å². The van der Waals surface area contributed by atoms with Gasteiger partial charge in [0, 0.05) is 28.5 Å². The van der Waals surface area contributed by atoms with Gasteiger partial charge in [0.1, 0.15) is 0 Å². The molecule has 0 bridgehead atoms. The van der Waals surface area contributed by atoms with Crippen molar-refractivity contribution in [1.82, 2.24) is 4.57 Å². The molecule has 25 heavy (non-hydrogen) atoms. The first-order chi connectivity index (χ1) is 11.9. The molecule has 3 rings (SSSR count). The summed E-state index contributed by atoms with van der Waals surface area (Å²) in [4.78, 5) is 12.1. The summed E-state index contributed by atoms with van der Waals surface area (Å²) in [5.41, 5.74) is 12.4. The van der Waals surface area contributed by atoms with Gasteiger partial charge in [-0.1, -0.05) is 53.6 Å². The molecule has 0 saturated carbocycles. The molecule has 0 aliphatic heterocycles. The van der Waals surface area contributed by atoms with Crippen LogP contribution < -0.4 is 5.73 Å². The highest BCUT2D eigenvalue weighted by Gasteiger charge is 2.22. The van der Waals surface area contributed by atoms with Crippen LogP contribution in [0.5, 0.6) is 0 Å². The van der Waals surface area contributed by atoms with E-state index in [-0.39, 0.29) is 0 Å². The first kappa shape index (κ1) is 17.3. The zero-order valence-corrected chi connectivity index (χ0v) is 15.4. The lowest BCUT2D eigenvalue weighted by atomic mass is 9.99. The SMILES string of the molecule is Cc1ccc(-c2c(C(N)=O)c(C)n(Cc3cccc(Cl)c3)c2C)cc1. The van der Waals surface area contributed by atoms with Gasteiger partial charge >= 0.3 is 0 Å². The van der Waals surface area contributed by atoms with Gasteiger partial charge in [0.2, 0.25) is 0 Å². The summed E-state index contributed by atoms with van der Waals surface area (Å²) in [5, 5.41) is 0.703. The highest BCUT2D eigenvalue weighted by molar-refractivity contribution is 6.30. The number of carbonyl (C=O) groups is 1. The third kappa shape index (κ3) is 3.33. The van der Waals surface area contributed by atoms with E-state index in [1.165, 1.54) is 5.56 Å². The number of aryl methyl sites for hydroxylation is 1. The van der Waals surface area contributed by atoms with E-state index >= 15 is 0 Å². The Kier molecular flexibility index (Phi) is 4.69. The Hall–Kier alpha value is -2.52. The molecule has 3 aromatic rings. The maximum Gasteiger partial charge on any atom is 0.251 e. The number of benzene rings is 2. The van der Waals surface area contributed by atoms with Crippen molar-refractivity contribution >= 4 is 17.5 Å². The van der Waals surface area contributed by atoms with Crippen molar-refractivity contribution in [3.63, 3.8) is 0 Å². The number of nitrogens with zero attached hydrogens (tertiary/aromatic N) is 1. The summed E-state index contributed by atoms with van der Waals surface area (Å²) in [6.07, 6.45) is 0. The number of amides is 1. The van der Waals surface area contributed by atoms with E-state index in [1.807, 2.05) is 69.3 Å². The van der Waals surface area contributed by atoms with Gasteiger partial charge in [-0.2, -0.15) is 0 Å². The smallest absolute Gasteiger partial charge is 0.251 e. The first-order valence-electron chi connectivity index (χ1n) is 8.19. The van der Waals surface area contributed by atoms with Crippen LogP contribution in [-0.2, 0) is 6.54 Å². The quantitative estimate of drug-likeness (QED) is 0.714. The van der Waals surface area contributed by atoms with E-state index < -0.39 is 5.91 Å². The lowest BCUT2D eigenvalue weighted by Gasteiger charge is -2.10. The Labute approximate surface area is 153 Å². The molecule has 0 fully saturated rings. The van der Waals surface area contributed by atoms with Crippen molar-refractivity contribution in [3.8, 4) is 11.1 Å². The van der Waals surface area contributed by atoms with Gasteiger partial charge in [0.15, 0.2) is 0 Å². The summed E-state index contributed by atoms with van der Waals surface area (Å²) in [7, 11) is 0. The Morgan fingerprint density at radius 1 is 1.04 bits per heavy atom.